The van der Waals surface area contributed by atoms with E-state index in [1.54, 1.807) is 0 Å². The van der Waals surface area contributed by atoms with Gasteiger partial charge in [-0.3, -0.25) is 43.2 Å². The number of primary amides is 1. The van der Waals surface area contributed by atoms with E-state index < -0.39 is 159 Å². The topological polar surface area (TPSA) is 397 Å². The first-order valence-corrected chi connectivity index (χ1v) is 20.4. The maximum absolute atomic E-state index is 14.0. The number of rotatable bonds is 22. The van der Waals surface area contributed by atoms with Crippen molar-refractivity contribution in [2.45, 2.75) is 126 Å². The van der Waals surface area contributed by atoms with Crippen LogP contribution >= 0.6 is 0 Å². The fourth-order valence-corrected chi connectivity index (χ4v) is 7.69. The molecule has 25 nitrogen and oxygen atoms in total. The van der Waals surface area contributed by atoms with E-state index in [1.165, 1.54) is 6.92 Å². The van der Waals surface area contributed by atoms with Crippen LogP contribution in [0.25, 0.3) is 0 Å². The first-order chi connectivity index (χ1) is 29.4. The molecule has 1 aliphatic carbocycles. The third-order valence-corrected chi connectivity index (χ3v) is 11.1. The quantitative estimate of drug-likeness (QED) is 0.0480. The van der Waals surface area contributed by atoms with Crippen LogP contribution in [0.2, 0.25) is 0 Å². The average Bonchev–Trinajstić information content (AvgIpc) is 3.91. The van der Waals surface area contributed by atoms with Gasteiger partial charge in [0, 0.05) is 32.9 Å². The number of amides is 9. The first kappa shape index (κ1) is 50.9. The number of hydrogen-bond donors (Lipinski definition) is 13. The summed E-state index contributed by atoms with van der Waals surface area (Å²) < 4.78 is 0. The van der Waals surface area contributed by atoms with Crippen LogP contribution in [-0.4, -0.2) is 194 Å². The molecule has 2 saturated heterocycles. The number of β-amino-alcohol motifs (C(OH)–C–C–N with tert-alkyl or cyclic N) is 1. The fraction of sp³-hybridized carbons (Fsp3) is 0.730. The SMILES string of the molecule is CC(=O)N1C[C@H](O)C[C@H]1C(=O)N[C@@H](CO)C(=O)N[C@@H](CO)C(=O)N[C@H](C(=O)N[C@@H](CCC(N)=O)C(=O)N[C@@H](CO)C(=O)N[C@@H](CO)C(=O)N1CCC[C@H]1C(=O)O)C1CCCCC1. The summed E-state index contributed by atoms with van der Waals surface area (Å²) in [7, 11) is 0. The number of carbonyl (C=O) groups is 10. The molecule has 62 heavy (non-hydrogen) atoms. The normalized spacial score (nSPS) is 21.9. The summed E-state index contributed by atoms with van der Waals surface area (Å²) >= 11 is 0. The Morgan fingerprint density at radius 2 is 1.11 bits per heavy atom. The summed E-state index contributed by atoms with van der Waals surface area (Å²) in [6, 6.07) is -12.2. The van der Waals surface area contributed by atoms with Crippen LogP contribution in [0.4, 0.5) is 0 Å². The van der Waals surface area contributed by atoms with E-state index in [-0.39, 0.29) is 25.9 Å². The van der Waals surface area contributed by atoms with E-state index in [9.17, 15) is 78.6 Å². The van der Waals surface area contributed by atoms with Crippen LogP contribution in [0, 0.1) is 5.92 Å². The highest BCUT2D eigenvalue weighted by atomic mass is 16.4. The lowest BCUT2D eigenvalue weighted by molar-refractivity contribution is -0.150. The van der Waals surface area contributed by atoms with E-state index >= 15 is 0 Å². The number of nitrogens with two attached hydrogens (primary N) is 1. The Labute approximate surface area is 355 Å². The van der Waals surface area contributed by atoms with Gasteiger partial charge >= 0.3 is 5.97 Å². The molecule has 9 atom stereocenters. The number of aliphatic hydroxyl groups excluding tert-OH is 5. The number of carboxylic acids is 1. The number of nitrogens with zero attached hydrogens (tertiary/aromatic N) is 2. The van der Waals surface area contributed by atoms with Crippen LogP contribution < -0.4 is 37.6 Å². The molecule has 0 bridgehead atoms. The van der Waals surface area contributed by atoms with Crippen LogP contribution in [0.3, 0.4) is 0 Å². The van der Waals surface area contributed by atoms with Crippen molar-refractivity contribution in [1.82, 2.24) is 41.7 Å². The number of aliphatic hydroxyl groups is 5. The summed E-state index contributed by atoms with van der Waals surface area (Å²) in [5.74, 6) is -10.5. The van der Waals surface area contributed by atoms with E-state index in [0.717, 1.165) is 16.2 Å². The van der Waals surface area contributed by atoms with Crippen molar-refractivity contribution in [3.05, 3.63) is 0 Å². The minimum atomic E-state index is -1.79. The molecule has 25 heteroatoms. The highest BCUT2D eigenvalue weighted by molar-refractivity contribution is 5.98. The molecule has 348 valence electrons. The Morgan fingerprint density at radius 3 is 1.63 bits per heavy atom. The number of likely N-dealkylation sites (tertiary alicyclic amines) is 2. The minimum Gasteiger partial charge on any atom is -0.480 e. The molecule has 3 fully saturated rings. The van der Waals surface area contributed by atoms with Gasteiger partial charge in [-0.25, -0.2) is 4.79 Å². The van der Waals surface area contributed by atoms with Crippen molar-refractivity contribution >= 4 is 59.1 Å². The summed E-state index contributed by atoms with van der Waals surface area (Å²) in [5, 5.41) is 73.1. The van der Waals surface area contributed by atoms with E-state index in [0.29, 0.717) is 32.1 Å². The molecule has 1 saturated carbocycles. The van der Waals surface area contributed by atoms with Crippen LogP contribution in [-0.2, 0) is 47.9 Å². The molecule has 2 heterocycles. The number of nitrogens with one attached hydrogen (secondary N) is 6. The Kier molecular flexibility index (Phi) is 19.9. The second-order valence-electron chi connectivity index (χ2n) is 15.5. The van der Waals surface area contributed by atoms with Gasteiger partial charge in [0.15, 0.2) is 0 Å². The lowest BCUT2D eigenvalue weighted by Crippen LogP contribution is -2.62. The van der Waals surface area contributed by atoms with E-state index in [1.807, 2.05) is 0 Å². The molecule has 0 aromatic heterocycles. The monoisotopic (exact) mass is 885 g/mol. The van der Waals surface area contributed by atoms with Crippen molar-refractivity contribution in [3.8, 4) is 0 Å². The number of carbonyl (C=O) groups excluding carboxylic acids is 9. The molecule has 3 rings (SSSR count). The maximum atomic E-state index is 14.0. The Morgan fingerprint density at radius 1 is 0.613 bits per heavy atom. The van der Waals surface area contributed by atoms with Gasteiger partial charge in [0.05, 0.1) is 32.5 Å². The second kappa shape index (κ2) is 24.2. The van der Waals surface area contributed by atoms with Crippen molar-refractivity contribution in [2.24, 2.45) is 11.7 Å². The zero-order chi connectivity index (χ0) is 46.3. The van der Waals surface area contributed by atoms with Crippen molar-refractivity contribution in [1.29, 1.82) is 0 Å². The smallest absolute Gasteiger partial charge is 0.326 e. The predicted octanol–water partition coefficient (Wildman–Crippen LogP) is -7.23. The van der Waals surface area contributed by atoms with Crippen molar-refractivity contribution < 1.29 is 78.6 Å². The van der Waals surface area contributed by atoms with Gasteiger partial charge in [0.2, 0.25) is 53.2 Å². The van der Waals surface area contributed by atoms with Crippen LogP contribution in [0.15, 0.2) is 0 Å². The molecule has 14 N–H and O–H groups in total. The Hall–Kier alpha value is -5.50. The van der Waals surface area contributed by atoms with Gasteiger partial charge in [-0.05, 0) is 38.0 Å². The lowest BCUT2D eigenvalue weighted by Gasteiger charge is -2.32. The predicted molar refractivity (Wildman–Crippen MR) is 209 cm³/mol. The Balaban J connectivity index is 1.74. The highest BCUT2D eigenvalue weighted by Gasteiger charge is 2.41. The molecule has 0 aromatic carbocycles. The number of carboxylic acid groups (broad SMARTS) is 1. The number of hydrogen-bond acceptors (Lipinski definition) is 15. The first-order valence-electron chi connectivity index (χ1n) is 20.4. The molecule has 0 radical (unpaired) electrons. The number of aliphatic carboxylic acids is 1. The molecule has 0 aromatic rings. The molecular weight excluding hydrogens is 826 g/mol. The Bertz CT molecular complexity index is 1660. The van der Waals surface area contributed by atoms with E-state index in [4.69, 9.17) is 5.73 Å². The van der Waals surface area contributed by atoms with Gasteiger partial charge in [-0.1, -0.05) is 19.3 Å². The second-order valence-corrected chi connectivity index (χ2v) is 15.5. The lowest BCUT2D eigenvalue weighted by atomic mass is 9.83. The summed E-state index contributed by atoms with van der Waals surface area (Å²) in [6.07, 6.45) is 1.39. The fourth-order valence-electron chi connectivity index (χ4n) is 7.69. The van der Waals surface area contributed by atoms with Crippen LogP contribution in [0.5, 0.6) is 0 Å². The molecular formula is C37H59N9O16. The maximum Gasteiger partial charge on any atom is 0.326 e. The molecule has 9 amide bonds. The van der Waals surface area contributed by atoms with Crippen LogP contribution in [0.1, 0.15) is 71.1 Å². The largest absolute Gasteiger partial charge is 0.480 e. The summed E-state index contributed by atoms with van der Waals surface area (Å²) in [5.41, 5.74) is 5.31. The zero-order valence-electron chi connectivity index (χ0n) is 34.3. The molecule has 0 unspecified atom stereocenters. The van der Waals surface area contributed by atoms with Crippen molar-refractivity contribution in [2.75, 3.05) is 39.5 Å². The van der Waals surface area contributed by atoms with Gasteiger partial charge < -0.3 is 78.1 Å². The third kappa shape index (κ3) is 14.0. The summed E-state index contributed by atoms with van der Waals surface area (Å²) in [4.78, 5) is 131. The minimum absolute atomic E-state index is 0.0431. The van der Waals surface area contributed by atoms with E-state index in [2.05, 4.69) is 31.9 Å². The van der Waals surface area contributed by atoms with Gasteiger partial charge in [0.1, 0.15) is 48.3 Å². The molecule has 3 aliphatic rings. The highest BCUT2D eigenvalue weighted by Crippen LogP contribution is 2.27. The molecule has 0 spiro atoms. The summed E-state index contributed by atoms with van der Waals surface area (Å²) in [6.45, 7) is -2.92. The third-order valence-electron chi connectivity index (χ3n) is 11.1. The van der Waals surface area contributed by atoms with Gasteiger partial charge in [-0.15, -0.1) is 0 Å². The average molecular weight is 886 g/mol. The zero-order valence-corrected chi connectivity index (χ0v) is 34.3. The van der Waals surface area contributed by atoms with Gasteiger partial charge in [0.25, 0.3) is 0 Å². The standard InChI is InChI=1S/C37H59N9O16/c1-18(51)46-13-20(52)12-27(46)34(58)42-23(15-48)31(55)41-24(16-49)33(57)44-29(19-6-3-2-4-7-19)35(59)39-21(9-10-28(38)53)30(54)40-22(14-47)32(56)43-25(17-50)36(60)45-11-5-8-26(45)37(61)62/h19-27,29,47-50,52H,2-17H2,1H3,(H2,38,53)(H,39,59)(H,40,54)(H,41,55)(H,42,58)(H,43,56)(H,44,57)(H,61,62)/t20-,21+,22+,23+,24+,25+,26+,27+,29+/m1/s1. The molecule has 2 aliphatic heterocycles. The van der Waals surface area contributed by atoms with Gasteiger partial charge in [-0.2, -0.15) is 0 Å². The van der Waals surface area contributed by atoms with Crippen molar-refractivity contribution in [3.63, 3.8) is 0 Å².